The molecular formula is C14H18N4OS. The minimum Gasteiger partial charge on any atom is -0.325 e. The zero-order valence-electron chi connectivity index (χ0n) is 11.8. The van der Waals surface area contributed by atoms with E-state index in [-0.39, 0.29) is 11.3 Å². The summed E-state index contributed by atoms with van der Waals surface area (Å²) >= 11 is 1.43. The number of nitrogens with zero attached hydrogens (tertiary/aromatic N) is 2. The fourth-order valence-electron chi connectivity index (χ4n) is 1.58. The lowest BCUT2D eigenvalue weighted by Crippen LogP contribution is -2.15. The van der Waals surface area contributed by atoms with Gasteiger partial charge in [-0.15, -0.1) is 11.3 Å². The Hall–Kier alpha value is -1.79. The molecule has 0 aliphatic heterocycles. The highest BCUT2D eigenvalue weighted by molar-refractivity contribution is 7.14. The molecule has 0 fully saturated rings. The van der Waals surface area contributed by atoms with Gasteiger partial charge >= 0.3 is 0 Å². The molecule has 3 N–H and O–H groups in total. The Kier molecular flexibility index (Phi) is 4.15. The van der Waals surface area contributed by atoms with Crippen molar-refractivity contribution < 1.29 is 4.79 Å². The van der Waals surface area contributed by atoms with Crippen molar-refractivity contribution in [2.75, 3.05) is 5.32 Å². The highest BCUT2D eigenvalue weighted by atomic mass is 32.1. The summed E-state index contributed by atoms with van der Waals surface area (Å²) in [4.78, 5) is 20.6. The van der Waals surface area contributed by atoms with Crippen molar-refractivity contribution in [2.24, 2.45) is 5.73 Å². The molecule has 0 atom stereocenters. The third-order valence-corrected chi connectivity index (χ3v) is 3.54. The van der Waals surface area contributed by atoms with Crippen LogP contribution in [0.25, 0.3) is 0 Å². The summed E-state index contributed by atoms with van der Waals surface area (Å²) < 4.78 is 0. The van der Waals surface area contributed by atoms with E-state index in [0.29, 0.717) is 22.9 Å². The first-order chi connectivity index (χ1) is 9.40. The number of nitrogens with one attached hydrogen (secondary N) is 1. The number of rotatable bonds is 3. The average Bonchev–Trinajstić information content (AvgIpc) is 2.87. The molecule has 2 aromatic heterocycles. The second-order valence-corrected chi connectivity index (χ2v) is 6.34. The summed E-state index contributed by atoms with van der Waals surface area (Å²) in [6.07, 6.45) is 1.58. The molecule has 0 bridgehead atoms. The van der Waals surface area contributed by atoms with E-state index in [9.17, 15) is 4.79 Å². The van der Waals surface area contributed by atoms with Gasteiger partial charge in [-0.1, -0.05) is 20.8 Å². The summed E-state index contributed by atoms with van der Waals surface area (Å²) in [6, 6.07) is 3.35. The van der Waals surface area contributed by atoms with E-state index in [2.05, 4.69) is 36.1 Å². The lowest BCUT2D eigenvalue weighted by Gasteiger charge is -2.14. The van der Waals surface area contributed by atoms with Gasteiger partial charge in [0.05, 0.1) is 11.4 Å². The van der Waals surface area contributed by atoms with Crippen LogP contribution in [-0.2, 0) is 12.0 Å². The van der Waals surface area contributed by atoms with Crippen LogP contribution < -0.4 is 11.1 Å². The Bertz CT molecular complexity index is 616. The van der Waals surface area contributed by atoms with E-state index < -0.39 is 0 Å². The minimum atomic E-state index is -0.197. The summed E-state index contributed by atoms with van der Waals surface area (Å²) in [6.45, 7) is 6.57. The van der Waals surface area contributed by atoms with Gasteiger partial charge in [0.15, 0.2) is 5.13 Å². The number of hydrogen-bond acceptors (Lipinski definition) is 5. The van der Waals surface area contributed by atoms with Crippen LogP contribution in [0.1, 0.15) is 42.5 Å². The molecule has 2 rings (SSSR count). The van der Waals surface area contributed by atoms with Gasteiger partial charge in [-0.3, -0.25) is 15.1 Å². The third kappa shape index (κ3) is 3.40. The molecule has 1 amide bonds. The lowest BCUT2D eigenvalue weighted by molar-refractivity contribution is 0.102. The summed E-state index contributed by atoms with van der Waals surface area (Å²) in [5.41, 5.74) is 7.68. The van der Waals surface area contributed by atoms with E-state index in [1.165, 1.54) is 11.3 Å². The first-order valence-corrected chi connectivity index (χ1v) is 7.20. The van der Waals surface area contributed by atoms with Crippen molar-refractivity contribution in [1.82, 2.24) is 9.97 Å². The molecule has 0 saturated carbocycles. The lowest BCUT2D eigenvalue weighted by atomic mass is 9.93. The number of thiazole rings is 1. The van der Waals surface area contributed by atoms with Crippen molar-refractivity contribution in [3.05, 3.63) is 40.7 Å². The van der Waals surface area contributed by atoms with Crippen molar-refractivity contribution in [3.8, 4) is 0 Å². The number of carbonyl (C=O) groups excluding carboxylic acids is 1. The fourth-order valence-corrected chi connectivity index (χ4v) is 2.51. The second-order valence-electron chi connectivity index (χ2n) is 5.48. The molecule has 2 heterocycles. The van der Waals surface area contributed by atoms with Gasteiger partial charge in [-0.2, -0.15) is 0 Å². The SMILES string of the molecule is CC(C)(C)c1csc(NC(=O)c2ccnc(CN)c2)n1. The monoisotopic (exact) mass is 290 g/mol. The smallest absolute Gasteiger partial charge is 0.257 e. The van der Waals surface area contributed by atoms with Crippen LogP contribution >= 0.6 is 11.3 Å². The maximum absolute atomic E-state index is 12.1. The highest BCUT2D eigenvalue weighted by Gasteiger charge is 2.18. The predicted octanol–water partition coefficient (Wildman–Crippen LogP) is 2.55. The molecule has 20 heavy (non-hydrogen) atoms. The number of nitrogens with two attached hydrogens (primary N) is 1. The molecule has 0 aliphatic carbocycles. The van der Waals surface area contributed by atoms with Gasteiger partial charge in [-0.05, 0) is 12.1 Å². The second kappa shape index (κ2) is 5.68. The first kappa shape index (κ1) is 14.6. The van der Waals surface area contributed by atoms with Gasteiger partial charge in [0.1, 0.15) is 0 Å². The van der Waals surface area contributed by atoms with Gasteiger partial charge in [0, 0.05) is 29.1 Å². The summed E-state index contributed by atoms with van der Waals surface area (Å²) in [5.74, 6) is -0.197. The Morgan fingerprint density at radius 1 is 1.45 bits per heavy atom. The molecule has 0 aromatic carbocycles. The van der Waals surface area contributed by atoms with Gasteiger partial charge in [-0.25, -0.2) is 4.98 Å². The zero-order chi connectivity index (χ0) is 14.8. The number of pyridine rings is 1. The van der Waals surface area contributed by atoms with Crippen LogP contribution in [0.2, 0.25) is 0 Å². The summed E-state index contributed by atoms with van der Waals surface area (Å²) in [5, 5.41) is 5.37. The first-order valence-electron chi connectivity index (χ1n) is 6.32. The van der Waals surface area contributed by atoms with E-state index in [0.717, 1.165) is 5.69 Å². The highest BCUT2D eigenvalue weighted by Crippen LogP contribution is 2.26. The van der Waals surface area contributed by atoms with Gasteiger partial charge in [0.25, 0.3) is 5.91 Å². The van der Waals surface area contributed by atoms with Gasteiger partial charge in [0.2, 0.25) is 0 Å². The Morgan fingerprint density at radius 2 is 2.20 bits per heavy atom. The van der Waals surface area contributed by atoms with Crippen LogP contribution in [0.15, 0.2) is 23.7 Å². The van der Waals surface area contributed by atoms with Crippen LogP contribution in [0.3, 0.4) is 0 Å². The molecule has 0 unspecified atom stereocenters. The Labute approximate surface area is 122 Å². The van der Waals surface area contributed by atoms with E-state index in [4.69, 9.17) is 5.73 Å². The fraction of sp³-hybridized carbons (Fsp3) is 0.357. The molecule has 0 spiro atoms. The molecule has 0 radical (unpaired) electrons. The largest absolute Gasteiger partial charge is 0.325 e. The van der Waals surface area contributed by atoms with Crippen LogP contribution in [0.4, 0.5) is 5.13 Å². The van der Waals surface area contributed by atoms with E-state index >= 15 is 0 Å². The van der Waals surface area contributed by atoms with Crippen molar-refractivity contribution in [2.45, 2.75) is 32.7 Å². The standard InChI is InChI=1S/C14H18N4OS/c1-14(2,3)11-8-20-13(17-11)18-12(19)9-4-5-16-10(6-9)7-15/h4-6,8H,7,15H2,1-3H3,(H,17,18,19). The number of hydrogen-bond donors (Lipinski definition) is 2. The average molecular weight is 290 g/mol. The van der Waals surface area contributed by atoms with Crippen molar-refractivity contribution >= 4 is 22.4 Å². The minimum absolute atomic E-state index is 0.0249. The van der Waals surface area contributed by atoms with Gasteiger partial charge < -0.3 is 5.73 Å². The van der Waals surface area contributed by atoms with Crippen LogP contribution in [0.5, 0.6) is 0 Å². The molecule has 106 valence electrons. The molecule has 6 heteroatoms. The quantitative estimate of drug-likeness (QED) is 0.910. The molecule has 0 aliphatic rings. The van der Waals surface area contributed by atoms with Crippen LogP contribution in [-0.4, -0.2) is 15.9 Å². The van der Waals surface area contributed by atoms with Crippen LogP contribution in [0, 0.1) is 0 Å². The molecular weight excluding hydrogens is 272 g/mol. The predicted molar refractivity (Wildman–Crippen MR) is 80.9 cm³/mol. The van der Waals surface area contributed by atoms with Crippen molar-refractivity contribution in [3.63, 3.8) is 0 Å². The number of aromatic nitrogens is 2. The molecule has 5 nitrogen and oxygen atoms in total. The topological polar surface area (TPSA) is 80.9 Å². The molecule has 2 aromatic rings. The Balaban J connectivity index is 2.13. The number of amides is 1. The molecule has 0 saturated heterocycles. The van der Waals surface area contributed by atoms with E-state index in [1.54, 1.807) is 18.3 Å². The Morgan fingerprint density at radius 3 is 2.80 bits per heavy atom. The number of carbonyl (C=O) groups is 1. The number of anilines is 1. The normalized spacial score (nSPS) is 11.4. The summed E-state index contributed by atoms with van der Waals surface area (Å²) in [7, 11) is 0. The maximum atomic E-state index is 12.1. The zero-order valence-corrected chi connectivity index (χ0v) is 12.6. The third-order valence-electron chi connectivity index (χ3n) is 2.78. The maximum Gasteiger partial charge on any atom is 0.257 e. The van der Waals surface area contributed by atoms with E-state index in [1.807, 2.05) is 5.38 Å². The van der Waals surface area contributed by atoms with Crippen molar-refractivity contribution in [1.29, 1.82) is 0 Å².